The van der Waals surface area contributed by atoms with Gasteiger partial charge in [0.25, 0.3) is 0 Å². The van der Waals surface area contributed by atoms with Gasteiger partial charge < -0.3 is 9.31 Å². The Kier molecular flexibility index (Phi) is 9.89. The second kappa shape index (κ2) is 11.2. The van der Waals surface area contributed by atoms with Gasteiger partial charge in [0, 0.05) is 13.2 Å². The summed E-state index contributed by atoms with van der Waals surface area (Å²) in [6, 6.07) is 8.51. The van der Waals surface area contributed by atoms with Crippen molar-refractivity contribution in [1.29, 1.82) is 0 Å². The van der Waals surface area contributed by atoms with E-state index in [1.165, 1.54) is 5.56 Å². The third-order valence-electron chi connectivity index (χ3n) is 3.19. The number of thiol groups is 1. The van der Waals surface area contributed by atoms with Crippen molar-refractivity contribution in [3.8, 4) is 0 Å². The summed E-state index contributed by atoms with van der Waals surface area (Å²) in [6.45, 7) is 5.85. The third kappa shape index (κ3) is 6.82. The summed E-state index contributed by atoms with van der Waals surface area (Å²) in [6.07, 6.45) is 5.43. The summed E-state index contributed by atoms with van der Waals surface area (Å²) < 4.78 is 11.8. The number of unbranched alkanes of at least 4 members (excludes halogenated alkanes) is 2. The van der Waals surface area contributed by atoms with Crippen LogP contribution in [0.3, 0.4) is 0 Å². The Bertz CT molecular complexity index is 333. The molecule has 0 saturated heterocycles. The van der Waals surface area contributed by atoms with Crippen LogP contribution in [0.2, 0.25) is 0 Å². The zero-order valence-corrected chi connectivity index (χ0v) is 13.7. The van der Waals surface area contributed by atoms with Crippen molar-refractivity contribution in [1.82, 2.24) is 0 Å². The van der Waals surface area contributed by atoms with E-state index < -0.39 is 0 Å². The lowest BCUT2D eigenvalue weighted by Crippen LogP contribution is -2.37. The summed E-state index contributed by atoms with van der Waals surface area (Å²) >= 11 is 4.26. The van der Waals surface area contributed by atoms with E-state index in [1.54, 1.807) is 0 Å². The van der Waals surface area contributed by atoms with Crippen LogP contribution < -0.4 is 5.46 Å². The summed E-state index contributed by atoms with van der Waals surface area (Å²) in [4.78, 5) is 0. The molecule has 0 aliphatic carbocycles. The maximum atomic E-state index is 5.88. The Morgan fingerprint density at radius 1 is 0.950 bits per heavy atom. The number of aryl methyl sites for hydroxylation is 1. The average molecular weight is 294 g/mol. The lowest BCUT2D eigenvalue weighted by Gasteiger charge is -2.15. The molecule has 0 spiro atoms. The SMILES string of the molecule is CCCCOB(OCCCC)c1ccc(CCS)cc1. The van der Waals surface area contributed by atoms with Crippen molar-refractivity contribution in [3.05, 3.63) is 29.8 Å². The minimum absolute atomic E-state index is 0.224. The van der Waals surface area contributed by atoms with Gasteiger partial charge in [-0.05, 0) is 36.0 Å². The molecule has 0 amide bonds. The van der Waals surface area contributed by atoms with Crippen molar-refractivity contribution in [2.45, 2.75) is 46.0 Å². The fourth-order valence-corrected chi connectivity index (χ4v) is 2.14. The highest BCUT2D eigenvalue weighted by Crippen LogP contribution is 2.03. The molecular weight excluding hydrogens is 267 g/mol. The molecule has 4 heteroatoms. The first-order valence-corrected chi connectivity index (χ1v) is 8.38. The maximum Gasteiger partial charge on any atom is 0.493 e. The van der Waals surface area contributed by atoms with Gasteiger partial charge in [-0.1, -0.05) is 51.0 Å². The molecule has 2 nitrogen and oxygen atoms in total. The van der Waals surface area contributed by atoms with Crippen molar-refractivity contribution >= 4 is 25.2 Å². The van der Waals surface area contributed by atoms with Crippen LogP contribution in [0.1, 0.15) is 45.1 Å². The fourth-order valence-electron chi connectivity index (χ4n) is 1.88. The first kappa shape index (κ1) is 17.6. The van der Waals surface area contributed by atoms with Crippen LogP contribution in [-0.2, 0) is 15.7 Å². The van der Waals surface area contributed by atoms with Gasteiger partial charge in [0.05, 0.1) is 0 Å². The Morgan fingerprint density at radius 3 is 1.95 bits per heavy atom. The molecule has 1 aromatic rings. The van der Waals surface area contributed by atoms with E-state index in [1.807, 2.05) is 0 Å². The van der Waals surface area contributed by atoms with E-state index in [9.17, 15) is 0 Å². The highest BCUT2D eigenvalue weighted by Gasteiger charge is 2.20. The lowest BCUT2D eigenvalue weighted by molar-refractivity contribution is 0.202. The quantitative estimate of drug-likeness (QED) is 0.382. The van der Waals surface area contributed by atoms with Crippen LogP contribution in [0.15, 0.2) is 24.3 Å². The normalized spacial score (nSPS) is 10.8. The molecule has 0 aromatic heterocycles. The van der Waals surface area contributed by atoms with Gasteiger partial charge in [0.1, 0.15) is 0 Å². The fraction of sp³-hybridized carbons (Fsp3) is 0.625. The third-order valence-corrected chi connectivity index (χ3v) is 3.41. The maximum absolute atomic E-state index is 5.88. The molecule has 0 aliphatic heterocycles. The highest BCUT2D eigenvalue weighted by atomic mass is 32.1. The zero-order valence-electron chi connectivity index (χ0n) is 12.8. The van der Waals surface area contributed by atoms with Crippen LogP contribution in [0.25, 0.3) is 0 Å². The second-order valence-electron chi connectivity index (χ2n) is 5.00. The second-order valence-corrected chi connectivity index (χ2v) is 5.44. The Hall–Kier alpha value is -0.445. The van der Waals surface area contributed by atoms with Crippen LogP contribution in [-0.4, -0.2) is 26.1 Å². The topological polar surface area (TPSA) is 18.5 Å². The van der Waals surface area contributed by atoms with Crippen LogP contribution in [0.4, 0.5) is 0 Å². The van der Waals surface area contributed by atoms with Crippen molar-refractivity contribution in [3.63, 3.8) is 0 Å². The van der Waals surface area contributed by atoms with Crippen LogP contribution >= 0.6 is 12.6 Å². The van der Waals surface area contributed by atoms with Crippen LogP contribution in [0, 0.1) is 0 Å². The van der Waals surface area contributed by atoms with Gasteiger partial charge in [0.15, 0.2) is 0 Å². The van der Waals surface area contributed by atoms with Gasteiger partial charge in [-0.3, -0.25) is 0 Å². The van der Waals surface area contributed by atoms with E-state index in [2.05, 4.69) is 50.7 Å². The van der Waals surface area contributed by atoms with E-state index >= 15 is 0 Å². The van der Waals surface area contributed by atoms with E-state index in [0.717, 1.165) is 56.5 Å². The molecule has 0 atom stereocenters. The predicted molar refractivity (Wildman–Crippen MR) is 91.1 cm³/mol. The lowest BCUT2D eigenvalue weighted by atomic mass is 9.78. The number of hydrogen-bond donors (Lipinski definition) is 1. The number of rotatable bonds is 11. The van der Waals surface area contributed by atoms with Crippen molar-refractivity contribution in [2.75, 3.05) is 19.0 Å². The first-order valence-electron chi connectivity index (χ1n) is 7.74. The highest BCUT2D eigenvalue weighted by molar-refractivity contribution is 7.80. The number of benzene rings is 1. The minimum Gasteiger partial charge on any atom is -0.407 e. The van der Waals surface area contributed by atoms with E-state index in [-0.39, 0.29) is 7.12 Å². The molecule has 0 fully saturated rings. The Balaban J connectivity index is 2.59. The number of hydrogen-bond acceptors (Lipinski definition) is 3. The molecule has 20 heavy (non-hydrogen) atoms. The van der Waals surface area contributed by atoms with E-state index in [4.69, 9.17) is 9.31 Å². The first-order chi connectivity index (χ1) is 9.81. The van der Waals surface area contributed by atoms with E-state index in [0.29, 0.717) is 0 Å². The van der Waals surface area contributed by atoms with Gasteiger partial charge >= 0.3 is 7.12 Å². The molecule has 0 heterocycles. The summed E-state index contributed by atoms with van der Waals surface area (Å²) in [5, 5.41) is 0. The summed E-state index contributed by atoms with van der Waals surface area (Å²) in [5.74, 6) is 0.878. The Morgan fingerprint density at radius 2 is 1.50 bits per heavy atom. The molecule has 0 unspecified atom stereocenters. The minimum atomic E-state index is -0.224. The molecule has 0 N–H and O–H groups in total. The molecule has 0 radical (unpaired) electrons. The van der Waals surface area contributed by atoms with Gasteiger partial charge in [-0.15, -0.1) is 0 Å². The standard InChI is InChI=1S/C16H27BO2S/c1-3-5-12-18-17(19-13-6-4-2)16-9-7-15(8-10-16)11-14-20/h7-10,20H,3-6,11-14H2,1-2H3. The molecule has 0 saturated carbocycles. The predicted octanol–water partition coefficient (Wildman–Crippen LogP) is 3.49. The molecule has 0 aliphatic rings. The molecule has 0 bridgehead atoms. The Labute approximate surface area is 129 Å². The zero-order chi connectivity index (χ0) is 14.6. The van der Waals surface area contributed by atoms with Gasteiger partial charge in [-0.2, -0.15) is 12.6 Å². The van der Waals surface area contributed by atoms with Crippen molar-refractivity contribution in [2.24, 2.45) is 0 Å². The molecule has 112 valence electrons. The van der Waals surface area contributed by atoms with Crippen LogP contribution in [0.5, 0.6) is 0 Å². The largest absolute Gasteiger partial charge is 0.493 e. The molecule has 1 aromatic carbocycles. The van der Waals surface area contributed by atoms with Gasteiger partial charge in [0.2, 0.25) is 0 Å². The van der Waals surface area contributed by atoms with Gasteiger partial charge in [-0.25, -0.2) is 0 Å². The monoisotopic (exact) mass is 294 g/mol. The molecular formula is C16H27BO2S. The smallest absolute Gasteiger partial charge is 0.407 e. The molecule has 1 rings (SSSR count). The average Bonchev–Trinajstić information content (AvgIpc) is 2.47. The summed E-state index contributed by atoms with van der Waals surface area (Å²) in [7, 11) is -0.224. The van der Waals surface area contributed by atoms with Crippen molar-refractivity contribution < 1.29 is 9.31 Å². The summed E-state index contributed by atoms with van der Waals surface area (Å²) in [5.41, 5.74) is 2.42.